The van der Waals surface area contributed by atoms with Gasteiger partial charge in [-0.15, -0.1) is 0 Å². The maximum Gasteiger partial charge on any atom is 0.241 e. The van der Waals surface area contributed by atoms with Crippen LogP contribution in [-0.4, -0.2) is 20.5 Å². The van der Waals surface area contributed by atoms with Crippen molar-refractivity contribution in [2.45, 2.75) is 43.2 Å². The van der Waals surface area contributed by atoms with E-state index in [1.165, 1.54) is 6.07 Å². The summed E-state index contributed by atoms with van der Waals surface area (Å²) in [7, 11) is -3.62. The number of nitrogens with one attached hydrogen (secondary N) is 1. The molecule has 2 unspecified atom stereocenters. The molecule has 5 nitrogen and oxygen atoms in total. The Morgan fingerprint density at radius 2 is 2.16 bits per heavy atom. The highest BCUT2D eigenvalue weighted by Gasteiger charge is 2.29. The Hall–Kier alpha value is -1.42. The molecular weight excluding hydrogens is 262 g/mol. The third-order valence-electron chi connectivity index (χ3n) is 3.48. The van der Waals surface area contributed by atoms with Crippen LogP contribution >= 0.6 is 0 Å². The fourth-order valence-electron chi connectivity index (χ4n) is 2.36. The Labute approximate surface area is 113 Å². The van der Waals surface area contributed by atoms with Gasteiger partial charge in [-0.2, -0.15) is 5.26 Å². The standard InChI is InChI=1S/C13H17N3O2S/c1-9-5-6-10(8-14)7-13(9)19(17,18)16-12-4-2-3-11(12)15/h5-7,11-12,16H,2-4,15H2,1H3. The first-order valence-electron chi connectivity index (χ1n) is 6.23. The molecule has 0 bridgehead atoms. The number of aryl methyl sites for hydroxylation is 1. The fraction of sp³-hybridized carbons (Fsp3) is 0.462. The van der Waals surface area contributed by atoms with Crippen LogP contribution in [0.2, 0.25) is 0 Å². The zero-order chi connectivity index (χ0) is 14.0. The molecule has 19 heavy (non-hydrogen) atoms. The lowest BCUT2D eigenvalue weighted by Gasteiger charge is -2.18. The van der Waals surface area contributed by atoms with Gasteiger partial charge in [0.15, 0.2) is 0 Å². The smallest absolute Gasteiger partial charge is 0.241 e. The molecule has 102 valence electrons. The molecule has 0 radical (unpaired) electrons. The second-order valence-corrected chi connectivity index (χ2v) is 6.60. The number of rotatable bonds is 3. The van der Waals surface area contributed by atoms with E-state index in [-0.39, 0.29) is 17.0 Å². The van der Waals surface area contributed by atoms with E-state index in [9.17, 15) is 8.42 Å². The highest BCUT2D eigenvalue weighted by Crippen LogP contribution is 2.22. The van der Waals surface area contributed by atoms with E-state index in [4.69, 9.17) is 11.0 Å². The number of nitrogens with two attached hydrogens (primary N) is 1. The van der Waals surface area contributed by atoms with Crippen molar-refractivity contribution in [2.75, 3.05) is 0 Å². The minimum Gasteiger partial charge on any atom is -0.326 e. The van der Waals surface area contributed by atoms with E-state index in [1.54, 1.807) is 19.1 Å². The molecule has 1 fully saturated rings. The number of hydrogen-bond acceptors (Lipinski definition) is 4. The lowest BCUT2D eigenvalue weighted by molar-refractivity contribution is 0.522. The third kappa shape index (κ3) is 2.95. The lowest BCUT2D eigenvalue weighted by atomic mass is 10.2. The second kappa shape index (κ2) is 5.29. The molecule has 0 heterocycles. The van der Waals surface area contributed by atoms with Gasteiger partial charge in [-0.05, 0) is 37.5 Å². The Morgan fingerprint density at radius 3 is 2.74 bits per heavy atom. The lowest BCUT2D eigenvalue weighted by Crippen LogP contribution is -2.44. The summed E-state index contributed by atoms with van der Waals surface area (Å²) in [6.45, 7) is 1.71. The van der Waals surface area contributed by atoms with Gasteiger partial charge in [-0.3, -0.25) is 0 Å². The molecule has 0 saturated heterocycles. The Morgan fingerprint density at radius 1 is 1.42 bits per heavy atom. The number of hydrogen-bond donors (Lipinski definition) is 2. The van der Waals surface area contributed by atoms with Crippen molar-refractivity contribution in [3.63, 3.8) is 0 Å². The average molecular weight is 279 g/mol. The second-order valence-electron chi connectivity index (χ2n) is 4.91. The van der Waals surface area contributed by atoms with Gasteiger partial charge >= 0.3 is 0 Å². The summed E-state index contributed by atoms with van der Waals surface area (Å²) in [5.74, 6) is 0. The van der Waals surface area contributed by atoms with E-state index in [2.05, 4.69) is 4.72 Å². The Balaban J connectivity index is 2.32. The van der Waals surface area contributed by atoms with Gasteiger partial charge in [-0.1, -0.05) is 12.5 Å². The summed E-state index contributed by atoms with van der Waals surface area (Å²) in [6.07, 6.45) is 2.54. The first-order chi connectivity index (χ1) is 8.94. The molecule has 6 heteroatoms. The van der Waals surface area contributed by atoms with Gasteiger partial charge in [-0.25, -0.2) is 13.1 Å². The van der Waals surface area contributed by atoms with Gasteiger partial charge in [0.1, 0.15) is 0 Å². The quantitative estimate of drug-likeness (QED) is 0.863. The van der Waals surface area contributed by atoms with Crippen molar-refractivity contribution in [3.05, 3.63) is 29.3 Å². The van der Waals surface area contributed by atoms with Crippen molar-refractivity contribution < 1.29 is 8.42 Å². The minimum absolute atomic E-state index is 0.130. The van der Waals surface area contributed by atoms with Crippen LogP contribution in [0.4, 0.5) is 0 Å². The first-order valence-corrected chi connectivity index (χ1v) is 7.71. The molecule has 0 spiro atoms. The highest BCUT2D eigenvalue weighted by atomic mass is 32.2. The molecule has 1 aromatic rings. The summed E-state index contributed by atoms with van der Waals surface area (Å²) < 4.78 is 27.3. The minimum atomic E-state index is -3.62. The monoisotopic (exact) mass is 279 g/mol. The van der Waals surface area contributed by atoms with Crippen molar-refractivity contribution in [1.82, 2.24) is 4.72 Å². The van der Waals surface area contributed by atoms with Crippen LogP contribution in [0.1, 0.15) is 30.4 Å². The van der Waals surface area contributed by atoms with Crippen LogP contribution in [0.5, 0.6) is 0 Å². The Kier molecular flexibility index (Phi) is 3.90. The first kappa shape index (κ1) is 14.0. The summed E-state index contributed by atoms with van der Waals surface area (Å²) >= 11 is 0. The van der Waals surface area contributed by atoms with E-state index < -0.39 is 10.0 Å². The summed E-state index contributed by atoms with van der Waals surface area (Å²) in [5.41, 5.74) is 6.84. The maximum absolute atomic E-state index is 12.3. The molecule has 2 atom stereocenters. The molecule has 1 aliphatic carbocycles. The van der Waals surface area contributed by atoms with Crippen LogP contribution < -0.4 is 10.5 Å². The van der Waals surface area contributed by atoms with Crippen molar-refractivity contribution in [2.24, 2.45) is 5.73 Å². The van der Waals surface area contributed by atoms with Gasteiger partial charge in [0.25, 0.3) is 0 Å². The third-order valence-corrected chi connectivity index (χ3v) is 5.11. The fourth-order valence-corrected chi connectivity index (χ4v) is 3.95. The van der Waals surface area contributed by atoms with E-state index >= 15 is 0 Å². The van der Waals surface area contributed by atoms with Crippen LogP contribution in [-0.2, 0) is 10.0 Å². The average Bonchev–Trinajstić information content (AvgIpc) is 2.75. The van der Waals surface area contributed by atoms with Gasteiger partial charge in [0, 0.05) is 12.1 Å². The SMILES string of the molecule is Cc1ccc(C#N)cc1S(=O)(=O)NC1CCCC1N. The molecule has 1 saturated carbocycles. The van der Waals surface area contributed by atoms with E-state index in [1.807, 2.05) is 6.07 Å². The largest absolute Gasteiger partial charge is 0.326 e. The van der Waals surface area contributed by atoms with E-state index in [0.717, 1.165) is 19.3 Å². The van der Waals surface area contributed by atoms with Gasteiger partial charge in [0.2, 0.25) is 10.0 Å². The topological polar surface area (TPSA) is 96.0 Å². The van der Waals surface area contributed by atoms with Crippen molar-refractivity contribution in [3.8, 4) is 6.07 Å². The number of sulfonamides is 1. The van der Waals surface area contributed by atoms with Crippen LogP contribution in [0.25, 0.3) is 0 Å². The number of benzene rings is 1. The van der Waals surface area contributed by atoms with Crippen LogP contribution in [0.3, 0.4) is 0 Å². The highest BCUT2D eigenvalue weighted by molar-refractivity contribution is 7.89. The summed E-state index contributed by atoms with van der Waals surface area (Å²) in [4.78, 5) is 0.158. The summed E-state index contributed by atoms with van der Waals surface area (Å²) in [5, 5.41) is 8.86. The maximum atomic E-state index is 12.3. The Bertz CT molecular complexity index is 619. The summed E-state index contributed by atoms with van der Waals surface area (Å²) in [6, 6.07) is 6.26. The number of nitrogens with zero attached hydrogens (tertiary/aromatic N) is 1. The van der Waals surface area contributed by atoms with Gasteiger partial charge < -0.3 is 5.73 Å². The zero-order valence-electron chi connectivity index (χ0n) is 10.8. The molecule has 1 aliphatic rings. The molecular formula is C13H17N3O2S. The molecule has 3 N–H and O–H groups in total. The van der Waals surface area contributed by atoms with Crippen molar-refractivity contribution >= 4 is 10.0 Å². The predicted octanol–water partition coefficient (Wildman–Crippen LogP) is 1.02. The molecule has 0 amide bonds. The molecule has 1 aromatic carbocycles. The van der Waals surface area contributed by atoms with E-state index in [0.29, 0.717) is 11.1 Å². The molecule has 0 aliphatic heterocycles. The number of nitriles is 1. The normalized spacial score (nSPS) is 23.2. The molecule has 0 aromatic heterocycles. The van der Waals surface area contributed by atoms with Crippen LogP contribution in [0, 0.1) is 18.3 Å². The zero-order valence-corrected chi connectivity index (χ0v) is 11.6. The van der Waals surface area contributed by atoms with Crippen molar-refractivity contribution in [1.29, 1.82) is 5.26 Å². The van der Waals surface area contributed by atoms with Gasteiger partial charge in [0.05, 0.1) is 16.5 Å². The van der Waals surface area contributed by atoms with Crippen LogP contribution in [0.15, 0.2) is 23.1 Å². The predicted molar refractivity (Wildman–Crippen MR) is 71.8 cm³/mol. The molecule has 2 rings (SSSR count).